The van der Waals surface area contributed by atoms with Crippen LogP contribution in [0.4, 0.5) is 0 Å². The van der Waals surface area contributed by atoms with Crippen molar-refractivity contribution in [2.45, 2.75) is 44.2 Å². The summed E-state index contributed by atoms with van der Waals surface area (Å²) < 4.78 is 10.7. The van der Waals surface area contributed by atoms with Crippen LogP contribution in [0.1, 0.15) is 44.0 Å². The van der Waals surface area contributed by atoms with Gasteiger partial charge in [0.1, 0.15) is 11.9 Å². The molecule has 1 aromatic heterocycles. The van der Waals surface area contributed by atoms with E-state index in [2.05, 4.69) is 4.90 Å². The van der Waals surface area contributed by atoms with Crippen LogP contribution in [0.5, 0.6) is 0 Å². The first-order chi connectivity index (χ1) is 10.3. The lowest BCUT2D eigenvalue weighted by Crippen LogP contribution is -2.38. The topological polar surface area (TPSA) is 66.1 Å². The molecule has 120 valence electrons. The Kier molecular flexibility index (Phi) is 7.23. The molecule has 0 amide bonds. The minimum Gasteiger partial charge on any atom is -0.467 e. The molecule has 1 aliphatic rings. The molecule has 0 spiro atoms. The van der Waals surface area contributed by atoms with Gasteiger partial charge in [-0.05, 0) is 37.9 Å². The van der Waals surface area contributed by atoms with Gasteiger partial charge in [0.05, 0.1) is 26.1 Å². The number of hydrogen-bond acceptors (Lipinski definition) is 5. The summed E-state index contributed by atoms with van der Waals surface area (Å²) in [7, 11) is 0. The molecule has 21 heavy (non-hydrogen) atoms. The average Bonchev–Trinajstić information content (AvgIpc) is 2.94. The third-order valence-corrected chi connectivity index (χ3v) is 4.12. The number of hydrogen-bond donors (Lipinski definition) is 2. The molecule has 2 atom stereocenters. The molecular weight excluding hydrogens is 270 g/mol. The van der Waals surface area contributed by atoms with Crippen LogP contribution in [0.15, 0.2) is 22.8 Å². The second-order valence-corrected chi connectivity index (χ2v) is 5.64. The summed E-state index contributed by atoms with van der Waals surface area (Å²) in [4.78, 5) is 2.41. The van der Waals surface area contributed by atoms with Crippen LogP contribution in [-0.4, -0.2) is 54.1 Å². The van der Waals surface area contributed by atoms with Gasteiger partial charge >= 0.3 is 0 Å². The molecule has 5 nitrogen and oxygen atoms in total. The van der Waals surface area contributed by atoms with E-state index in [1.165, 1.54) is 19.3 Å². The number of aliphatic hydroxyl groups is 2. The molecule has 1 aromatic rings. The average molecular weight is 297 g/mol. The zero-order valence-corrected chi connectivity index (χ0v) is 12.6. The van der Waals surface area contributed by atoms with Crippen molar-refractivity contribution in [3.63, 3.8) is 0 Å². The molecular formula is C16H27NO4. The van der Waals surface area contributed by atoms with E-state index in [-0.39, 0.29) is 6.61 Å². The molecule has 0 bridgehead atoms. The zero-order valence-electron chi connectivity index (χ0n) is 12.6. The van der Waals surface area contributed by atoms with Crippen LogP contribution in [0.25, 0.3) is 0 Å². The van der Waals surface area contributed by atoms with E-state index < -0.39 is 6.10 Å². The van der Waals surface area contributed by atoms with Crippen LogP contribution in [-0.2, 0) is 4.74 Å². The Labute approximate surface area is 126 Å². The molecule has 2 heterocycles. The Balaban J connectivity index is 1.85. The van der Waals surface area contributed by atoms with Crippen molar-refractivity contribution in [1.29, 1.82) is 0 Å². The molecule has 1 saturated heterocycles. The summed E-state index contributed by atoms with van der Waals surface area (Å²) in [5.41, 5.74) is 0. The van der Waals surface area contributed by atoms with E-state index in [0.29, 0.717) is 31.4 Å². The molecule has 0 aromatic carbocycles. The molecule has 1 fully saturated rings. The Hall–Kier alpha value is -0.880. The van der Waals surface area contributed by atoms with Crippen LogP contribution in [0, 0.1) is 0 Å². The van der Waals surface area contributed by atoms with Gasteiger partial charge < -0.3 is 19.4 Å². The van der Waals surface area contributed by atoms with Crippen molar-refractivity contribution in [2.75, 3.05) is 32.9 Å². The lowest BCUT2D eigenvalue weighted by molar-refractivity contribution is 0.0466. The largest absolute Gasteiger partial charge is 0.467 e. The second kappa shape index (κ2) is 9.20. The van der Waals surface area contributed by atoms with Crippen LogP contribution < -0.4 is 0 Å². The SMILES string of the molecule is OCCOCCN1CCCCCC1CC(O)c1ccco1. The molecule has 2 unspecified atom stereocenters. The van der Waals surface area contributed by atoms with Crippen molar-refractivity contribution in [3.8, 4) is 0 Å². The number of nitrogens with zero attached hydrogens (tertiary/aromatic N) is 1. The van der Waals surface area contributed by atoms with Gasteiger partial charge in [0.2, 0.25) is 0 Å². The van der Waals surface area contributed by atoms with Gasteiger partial charge in [-0.1, -0.05) is 12.8 Å². The molecule has 0 aliphatic carbocycles. The maximum absolute atomic E-state index is 10.3. The molecule has 0 saturated carbocycles. The van der Waals surface area contributed by atoms with Gasteiger partial charge in [0, 0.05) is 12.6 Å². The normalized spacial score (nSPS) is 22.1. The molecule has 2 N–H and O–H groups in total. The fraction of sp³-hybridized carbons (Fsp3) is 0.750. The lowest BCUT2D eigenvalue weighted by atomic mass is 10.0. The summed E-state index contributed by atoms with van der Waals surface area (Å²) in [5.74, 6) is 0.649. The van der Waals surface area contributed by atoms with E-state index in [9.17, 15) is 5.11 Å². The van der Waals surface area contributed by atoms with E-state index in [4.69, 9.17) is 14.3 Å². The predicted molar refractivity (Wildman–Crippen MR) is 80.0 cm³/mol. The number of rotatable bonds is 8. The van der Waals surface area contributed by atoms with E-state index in [0.717, 1.165) is 19.5 Å². The smallest absolute Gasteiger partial charge is 0.132 e. The molecule has 0 radical (unpaired) electrons. The summed E-state index contributed by atoms with van der Waals surface area (Å²) in [6, 6.07) is 4.01. The van der Waals surface area contributed by atoms with Crippen molar-refractivity contribution in [3.05, 3.63) is 24.2 Å². The Morgan fingerprint density at radius 1 is 1.33 bits per heavy atom. The highest BCUT2D eigenvalue weighted by atomic mass is 16.5. The van der Waals surface area contributed by atoms with Gasteiger partial charge in [-0.15, -0.1) is 0 Å². The standard InChI is InChI=1S/C16H27NO4/c18-9-12-20-11-8-17-7-3-1-2-5-14(17)13-15(19)16-6-4-10-21-16/h4,6,10,14-15,18-19H,1-3,5,7-9,11-13H2. The summed E-state index contributed by atoms with van der Waals surface area (Å²) in [6.45, 7) is 3.01. The van der Waals surface area contributed by atoms with Gasteiger partial charge in [-0.3, -0.25) is 4.90 Å². The Bertz CT molecular complexity index is 368. The minimum absolute atomic E-state index is 0.0701. The monoisotopic (exact) mass is 297 g/mol. The Morgan fingerprint density at radius 2 is 2.24 bits per heavy atom. The first kappa shape index (κ1) is 16.5. The van der Waals surface area contributed by atoms with Crippen LogP contribution in [0.3, 0.4) is 0 Å². The fourth-order valence-electron chi connectivity index (χ4n) is 3.00. The van der Waals surface area contributed by atoms with E-state index in [1.54, 1.807) is 6.26 Å². The number of likely N-dealkylation sites (tertiary alicyclic amines) is 1. The highest BCUT2D eigenvalue weighted by Gasteiger charge is 2.24. The number of aliphatic hydroxyl groups excluding tert-OH is 2. The highest BCUT2D eigenvalue weighted by molar-refractivity contribution is 5.02. The second-order valence-electron chi connectivity index (χ2n) is 5.64. The molecule has 5 heteroatoms. The van der Waals surface area contributed by atoms with Crippen LogP contribution in [0.2, 0.25) is 0 Å². The third-order valence-electron chi connectivity index (χ3n) is 4.12. The highest BCUT2D eigenvalue weighted by Crippen LogP contribution is 2.26. The fourth-order valence-corrected chi connectivity index (χ4v) is 3.00. The first-order valence-electron chi connectivity index (χ1n) is 7.95. The predicted octanol–water partition coefficient (Wildman–Crippen LogP) is 1.96. The van der Waals surface area contributed by atoms with Crippen molar-refractivity contribution in [2.24, 2.45) is 0 Å². The van der Waals surface area contributed by atoms with Crippen molar-refractivity contribution >= 4 is 0 Å². The summed E-state index contributed by atoms with van der Waals surface area (Å²) in [5, 5.41) is 19.0. The lowest BCUT2D eigenvalue weighted by Gasteiger charge is -2.31. The number of ether oxygens (including phenoxy) is 1. The van der Waals surface area contributed by atoms with Gasteiger partial charge in [0.25, 0.3) is 0 Å². The summed E-state index contributed by atoms with van der Waals surface area (Å²) >= 11 is 0. The quantitative estimate of drug-likeness (QED) is 0.718. The minimum atomic E-state index is -0.538. The van der Waals surface area contributed by atoms with E-state index in [1.807, 2.05) is 12.1 Å². The van der Waals surface area contributed by atoms with Crippen molar-refractivity contribution in [1.82, 2.24) is 4.90 Å². The van der Waals surface area contributed by atoms with Gasteiger partial charge in [-0.25, -0.2) is 0 Å². The molecule has 2 rings (SSSR count). The zero-order chi connectivity index (χ0) is 14.9. The van der Waals surface area contributed by atoms with Crippen molar-refractivity contribution < 1.29 is 19.4 Å². The van der Waals surface area contributed by atoms with Crippen LogP contribution >= 0.6 is 0 Å². The third kappa shape index (κ3) is 5.43. The van der Waals surface area contributed by atoms with Gasteiger partial charge in [-0.2, -0.15) is 0 Å². The number of furan rings is 1. The Morgan fingerprint density at radius 3 is 3.00 bits per heavy atom. The first-order valence-corrected chi connectivity index (χ1v) is 7.95. The maximum atomic E-state index is 10.3. The van der Waals surface area contributed by atoms with Gasteiger partial charge in [0.15, 0.2) is 0 Å². The maximum Gasteiger partial charge on any atom is 0.132 e. The van der Waals surface area contributed by atoms with E-state index >= 15 is 0 Å². The summed E-state index contributed by atoms with van der Waals surface area (Å²) in [6.07, 6.45) is 6.54. The molecule has 1 aliphatic heterocycles.